The number of anilines is 1. The van der Waals surface area contributed by atoms with Crippen molar-refractivity contribution < 1.29 is 4.39 Å². The number of nitrogens with one attached hydrogen (secondary N) is 1. The molecule has 0 aliphatic rings. The summed E-state index contributed by atoms with van der Waals surface area (Å²) < 4.78 is 13.3. The highest BCUT2D eigenvalue weighted by molar-refractivity contribution is 6.31. The Morgan fingerprint density at radius 3 is 2.33 bits per heavy atom. The summed E-state index contributed by atoms with van der Waals surface area (Å²) in [6.07, 6.45) is 0.964. The van der Waals surface area contributed by atoms with Gasteiger partial charge in [-0.1, -0.05) is 62.7 Å². The smallest absolute Gasteiger partial charge is 0.141 e. The molecule has 0 saturated heterocycles. The molecular weight excluding hydrogens is 285 g/mol. The van der Waals surface area contributed by atoms with Crippen LogP contribution in [0.3, 0.4) is 0 Å². The number of hydrogen-bond donors (Lipinski definition) is 1. The number of benzene rings is 2. The third-order valence-corrected chi connectivity index (χ3v) is 3.57. The third-order valence-electron chi connectivity index (χ3n) is 3.28. The van der Waals surface area contributed by atoms with Gasteiger partial charge in [-0.15, -0.1) is 0 Å². The fourth-order valence-electron chi connectivity index (χ4n) is 2.34. The lowest BCUT2D eigenvalue weighted by atomic mass is 9.85. The van der Waals surface area contributed by atoms with Gasteiger partial charge < -0.3 is 5.32 Å². The van der Waals surface area contributed by atoms with E-state index in [-0.39, 0.29) is 16.5 Å². The minimum atomic E-state index is -0.394. The average Bonchev–Trinajstić information content (AvgIpc) is 2.42. The van der Waals surface area contributed by atoms with E-state index in [1.165, 1.54) is 11.6 Å². The van der Waals surface area contributed by atoms with E-state index in [2.05, 4.69) is 38.2 Å². The van der Waals surface area contributed by atoms with E-state index in [0.29, 0.717) is 0 Å². The predicted octanol–water partition coefficient (Wildman–Crippen LogP) is 6.07. The Kier molecular flexibility index (Phi) is 4.89. The highest BCUT2D eigenvalue weighted by atomic mass is 35.5. The van der Waals surface area contributed by atoms with Crippen molar-refractivity contribution in [3.8, 4) is 0 Å². The zero-order chi connectivity index (χ0) is 15.5. The van der Waals surface area contributed by atoms with Crippen LogP contribution >= 0.6 is 11.6 Å². The lowest BCUT2D eigenvalue weighted by molar-refractivity contribution is 0.352. The highest BCUT2D eigenvalue weighted by Crippen LogP contribution is 2.32. The fraction of sp³-hybridized carbons (Fsp3) is 0.333. The molecule has 0 fully saturated rings. The van der Waals surface area contributed by atoms with Crippen molar-refractivity contribution in [3.05, 3.63) is 64.9 Å². The van der Waals surface area contributed by atoms with E-state index >= 15 is 0 Å². The summed E-state index contributed by atoms with van der Waals surface area (Å²) in [5.74, 6) is -0.394. The minimum Gasteiger partial charge on any atom is -0.378 e. The van der Waals surface area contributed by atoms with Crippen molar-refractivity contribution in [1.82, 2.24) is 0 Å². The quantitative estimate of drug-likeness (QED) is 0.723. The van der Waals surface area contributed by atoms with E-state index < -0.39 is 5.82 Å². The molecule has 0 aliphatic carbocycles. The van der Waals surface area contributed by atoms with Crippen molar-refractivity contribution in [2.45, 2.75) is 33.2 Å². The van der Waals surface area contributed by atoms with Crippen molar-refractivity contribution in [2.75, 3.05) is 5.32 Å². The van der Waals surface area contributed by atoms with Gasteiger partial charge in [0.1, 0.15) is 5.82 Å². The zero-order valence-electron chi connectivity index (χ0n) is 12.7. The number of halogens is 2. The van der Waals surface area contributed by atoms with Gasteiger partial charge in [-0.05, 0) is 35.6 Å². The first-order chi connectivity index (χ1) is 9.85. The second-order valence-electron chi connectivity index (χ2n) is 6.50. The molecule has 1 N–H and O–H groups in total. The summed E-state index contributed by atoms with van der Waals surface area (Å²) in [6, 6.07) is 15.2. The summed E-state index contributed by atoms with van der Waals surface area (Å²) in [6.45, 7) is 6.63. The lowest BCUT2D eigenvalue weighted by Crippen LogP contribution is -2.18. The van der Waals surface area contributed by atoms with Crippen LogP contribution in [0, 0.1) is 11.2 Å². The molecule has 0 radical (unpaired) electrons. The third kappa shape index (κ3) is 4.75. The molecule has 0 amide bonds. The van der Waals surface area contributed by atoms with Gasteiger partial charge in [0, 0.05) is 5.69 Å². The zero-order valence-corrected chi connectivity index (χ0v) is 13.4. The maximum absolute atomic E-state index is 13.3. The van der Waals surface area contributed by atoms with E-state index in [1.807, 2.05) is 18.2 Å². The largest absolute Gasteiger partial charge is 0.378 e. The normalized spacial score (nSPS) is 13.0. The molecule has 1 unspecified atom stereocenters. The SMILES string of the molecule is CC(C)(C)CC(Nc1ccc(F)c(Cl)c1)c1ccccc1. The Balaban J connectivity index is 2.25. The Labute approximate surface area is 131 Å². The van der Waals surface area contributed by atoms with Crippen LogP contribution in [0.5, 0.6) is 0 Å². The molecule has 0 aromatic heterocycles. The monoisotopic (exact) mass is 305 g/mol. The summed E-state index contributed by atoms with van der Waals surface area (Å²) in [5.41, 5.74) is 2.23. The van der Waals surface area contributed by atoms with E-state index in [0.717, 1.165) is 12.1 Å². The van der Waals surface area contributed by atoms with Crippen molar-refractivity contribution >= 4 is 17.3 Å². The second-order valence-corrected chi connectivity index (χ2v) is 6.91. The van der Waals surface area contributed by atoms with Crippen LogP contribution < -0.4 is 5.32 Å². The topological polar surface area (TPSA) is 12.0 Å². The molecule has 0 saturated carbocycles. The first kappa shape index (κ1) is 15.8. The Bertz CT molecular complexity index is 590. The summed E-state index contributed by atoms with van der Waals surface area (Å²) in [4.78, 5) is 0. The van der Waals surface area contributed by atoms with Crippen LogP contribution in [-0.4, -0.2) is 0 Å². The van der Waals surface area contributed by atoms with Gasteiger partial charge in [0.05, 0.1) is 11.1 Å². The summed E-state index contributed by atoms with van der Waals surface area (Å²) in [7, 11) is 0. The molecule has 2 aromatic carbocycles. The van der Waals surface area contributed by atoms with Crippen LogP contribution in [0.2, 0.25) is 5.02 Å². The molecule has 3 heteroatoms. The van der Waals surface area contributed by atoms with Crippen LogP contribution in [0.15, 0.2) is 48.5 Å². The molecule has 1 nitrogen and oxygen atoms in total. The molecule has 0 aliphatic heterocycles. The molecular formula is C18H21ClFN. The van der Waals surface area contributed by atoms with Gasteiger partial charge in [0.15, 0.2) is 0 Å². The predicted molar refractivity (Wildman–Crippen MR) is 88.3 cm³/mol. The molecule has 2 rings (SSSR count). The van der Waals surface area contributed by atoms with E-state index in [1.54, 1.807) is 12.1 Å². The molecule has 112 valence electrons. The van der Waals surface area contributed by atoms with Crippen molar-refractivity contribution in [2.24, 2.45) is 5.41 Å². The maximum atomic E-state index is 13.3. The van der Waals surface area contributed by atoms with Gasteiger partial charge in [-0.3, -0.25) is 0 Å². The summed E-state index contributed by atoms with van der Waals surface area (Å²) in [5, 5.41) is 3.61. The van der Waals surface area contributed by atoms with Crippen molar-refractivity contribution in [1.29, 1.82) is 0 Å². The summed E-state index contributed by atoms with van der Waals surface area (Å²) >= 11 is 5.86. The Hall–Kier alpha value is -1.54. The van der Waals surface area contributed by atoms with Crippen LogP contribution in [0.25, 0.3) is 0 Å². The van der Waals surface area contributed by atoms with Crippen LogP contribution in [0.4, 0.5) is 10.1 Å². The van der Waals surface area contributed by atoms with Crippen LogP contribution in [-0.2, 0) is 0 Å². The average molecular weight is 306 g/mol. The number of rotatable bonds is 4. The van der Waals surface area contributed by atoms with E-state index in [4.69, 9.17) is 11.6 Å². The minimum absolute atomic E-state index is 0.141. The van der Waals surface area contributed by atoms with Gasteiger partial charge in [-0.2, -0.15) is 0 Å². The van der Waals surface area contributed by atoms with Crippen molar-refractivity contribution in [3.63, 3.8) is 0 Å². The molecule has 0 heterocycles. The molecule has 1 atom stereocenters. The highest BCUT2D eigenvalue weighted by Gasteiger charge is 2.20. The van der Waals surface area contributed by atoms with Gasteiger partial charge in [-0.25, -0.2) is 4.39 Å². The fourth-order valence-corrected chi connectivity index (χ4v) is 2.52. The van der Waals surface area contributed by atoms with Gasteiger partial charge in [0.2, 0.25) is 0 Å². The van der Waals surface area contributed by atoms with E-state index in [9.17, 15) is 4.39 Å². The van der Waals surface area contributed by atoms with Gasteiger partial charge in [0.25, 0.3) is 0 Å². The molecule has 21 heavy (non-hydrogen) atoms. The molecule has 0 spiro atoms. The standard InChI is InChI=1S/C18H21ClFN/c1-18(2,3)12-17(13-7-5-4-6-8-13)21-14-9-10-16(20)15(19)11-14/h4-11,17,21H,12H2,1-3H3. The van der Waals surface area contributed by atoms with Crippen LogP contribution in [0.1, 0.15) is 38.8 Å². The first-order valence-electron chi connectivity index (χ1n) is 7.12. The Morgan fingerprint density at radius 1 is 1.10 bits per heavy atom. The molecule has 0 bridgehead atoms. The maximum Gasteiger partial charge on any atom is 0.141 e. The Morgan fingerprint density at radius 2 is 1.76 bits per heavy atom. The molecule has 2 aromatic rings. The first-order valence-corrected chi connectivity index (χ1v) is 7.49. The lowest BCUT2D eigenvalue weighted by Gasteiger charge is -2.28. The van der Waals surface area contributed by atoms with Gasteiger partial charge >= 0.3 is 0 Å². The second kappa shape index (κ2) is 6.48. The number of hydrogen-bond acceptors (Lipinski definition) is 1.